The lowest BCUT2D eigenvalue weighted by Gasteiger charge is -2.09. The predicted molar refractivity (Wildman–Crippen MR) is 230 cm³/mol. The second-order valence-electron chi connectivity index (χ2n) is 14.4. The fourth-order valence-corrected chi connectivity index (χ4v) is 8.46. The van der Waals surface area contributed by atoms with Gasteiger partial charge in [0.05, 0.1) is 16.6 Å². The first-order valence-corrected chi connectivity index (χ1v) is 19.0. The maximum atomic E-state index is 6.57. The summed E-state index contributed by atoms with van der Waals surface area (Å²) in [4.78, 5) is 15.2. The second-order valence-corrected chi connectivity index (χ2v) is 14.4. The number of furan rings is 2. The zero-order chi connectivity index (χ0) is 37.5. The average Bonchev–Trinajstić information content (AvgIpc) is 3.96. The molecule has 0 aliphatic rings. The van der Waals surface area contributed by atoms with Crippen LogP contribution in [0.1, 0.15) is 0 Å². The molecule has 8 aromatic carbocycles. The van der Waals surface area contributed by atoms with E-state index in [1.807, 2.05) is 72.8 Å². The van der Waals surface area contributed by atoms with Crippen LogP contribution in [0.4, 0.5) is 0 Å². The Bertz CT molecular complexity index is 3530. The van der Waals surface area contributed by atoms with E-state index in [2.05, 4.69) is 114 Å². The topological polar surface area (TPSA) is 69.9 Å². The van der Waals surface area contributed by atoms with Crippen molar-refractivity contribution in [1.29, 1.82) is 0 Å². The van der Waals surface area contributed by atoms with Crippen LogP contribution in [0.3, 0.4) is 0 Å². The van der Waals surface area contributed by atoms with Crippen molar-refractivity contribution in [2.75, 3.05) is 0 Å². The summed E-state index contributed by atoms with van der Waals surface area (Å²) in [5, 5.41) is 6.53. The van der Waals surface area contributed by atoms with E-state index in [9.17, 15) is 0 Å². The maximum Gasteiger partial charge on any atom is 0.167 e. The number of fused-ring (bicyclic) bond motifs is 9. The molecule has 0 saturated carbocycles. The Labute approximate surface area is 325 Å². The summed E-state index contributed by atoms with van der Waals surface area (Å²) in [5.74, 6) is 1.71. The molecule has 57 heavy (non-hydrogen) atoms. The van der Waals surface area contributed by atoms with Gasteiger partial charge in [-0.3, -0.25) is 0 Å². The first-order chi connectivity index (χ1) is 28.2. The van der Waals surface area contributed by atoms with Gasteiger partial charge >= 0.3 is 0 Å². The smallest absolute Gasteiger partial charge is 0.167 e. The summed E-state index contributed by atoms with van der Waals surface area (Å²) in [6, 6.07) is 62.7. The Morgan fingerprint density at radius 1 is 0.351 bits per heavy atom. The summed E-state index contributed by atoms with van der Waals surface area (Å²) >= 11 is 0. The molecule has 0 bridgehead atoms. The Balaban J connectivity index is 1.01. The van der Waals surface area contributed by atoms with Gasteiger partial charge in [-0.2, -0.15) is 0 Å². The lowest BCUT2D eigenvalue weighted by atomic mass is 9.98. The van der Waals surface area contributed by atoms with Gasteiger partial charge in [0, 0.05) is 49.1 Å². The van der Waals surface area contributed by atoms with Crippen molar-refractivity contribution in [3.8, 4) is 51.0 Å². The van der Waals surface area contributed by atoms with Crippen LogP contribution < -0.4 is 0 Å². The molecular formula is C51H30N4O2. The standard InChI is InChI=1S/C51H30N4O2/c1-3-13-31(14-4-1)49-52-50(54-51(53-49)40-21-11-20-38-36-17-8-10-24-44(36)57-48(38)40)33-26-28-45-41(29-33)37-27-25-32(30-46(37)56-45)35-19-12-23-43-47(35)39-18-7-9-22-42(39)55(43)34-15-5-2-6-16-34/h1-30H. The molecule has 4 heterocycles. The van der Waals surface area contributed by atoms with E-state index in [1.54, 1.807) is 0 Å². The Morgan fingerprint density at radius 2 is 0.982 bits per heavy atom. The van der Waals surface area contributed by atoms with E-state index in [-0.39, 0.29) is 0 Å². The summed E-state index contributed by atoms with van der Waals surface area (Å²) in [6.45, 7) is 0. The highest BCUT2D eigenvalue weighted by Gasteiger charge is 2.20. The van der Waals surface area contributed by atoms with E-state index in [4.69, 9.17) is 23.8 Å². The monoisotopic (exact) mass is 730 g/mol. The summed E-state index contributed by atoms with van der Waals surface area (Å²) in [6.07, 6.45) is 0. The number of hydrogen-bond donors (Lipinski definition) is 0. The van der Waals surface area contributed by atoms with Gasteiger partial charge in [0.15, 0.2) is 17.5 Å². The van der Waals surface area contributed by atoms with Gasteiger partial charge in [0.2, 0.25) is 0 Å². The molecule has 0 unspecified atom stereocenters. The highest BCUT2D eigenvalue weighted by molar-refractivity contribution is 6.17. The fraction of sp³-hybridized carbons (Fsp3) is 0. The van der Waals surface area contributed by atoms with Crippen molar-refractivity contribution in [3.63, 3.8) is 0 Å². The van der Waals surface area contributed by atoms with Gasteiger partial charge in [-0.1, -0.05) is 115 Å². The van der Waals surface area contributed by atoms with Gasteiger partial charge in [0.1, 0.15) is 22.3 Å². The van der Waals surface area contributed by atoms with Crippen LogP contribution in [0.25, 0.3) is 117 Å². The molecule has 0 spiro atoms. The van der Waals surface area contributed by atoms with Gasteiger partial charge in [-0.15, -0.1) is 0 Å². The zero-order valence-electron chi connectivity index (χ0n) is 30.4. The van der Waals surface area contributed by atoms with Gasteiger partial charge < -0.3 is 13.4 Å². The van der Waals surface area contributed by atoms with Crippen LogP contribution in [0.5, 0.6) is 0 Å². The van der Waals surface area contributed by atoms with E-state index >= 15 is 0 Å². The Morgan fingerprint density at radius 3 is 1.86 bits per heavy atom. The molecule has 12 aromatic rings. The average molecular weight is 731 g/mol. The molecule has 0 N–H and O–H groups in total. The highest BCUT2D eigenvalue weighted by Crippen LogP contribution is 2.41. The van der Waals surface area contributed by atoms with Crippen LogP contribution in [0.15, 0.2) is 191 Å². The molecule has 12 rings (SSSR count). The minimum atomic E-state index is 0.549. The van der Waals surface area contributed by atoms with E-state index < -0.39 is 0 Å². The molecule has 266 valence electrons. The molecule has 0 radical (unpaired) electrons. The minimum absolute atomic E-state index is 0.549. The molecule has 4 aromatic heterocycles. The highest BCUT2D eigenvalue weighted by atomic mass is 16.3. The van der Waals surface area contributed by atoms with Crippen LogP contribution in [0, 0.1) is 0 Å². The van der Waals surface area contributed by atoms with E-state index in [1.165, 1.54) is 16.3 Å². The van der Waals surface area contributed by atoms with Crippen molar-refractivity contribution in [1.82, 2.24) is 19.5 Å². The van der Waals surface area contributed by atoms with Crippen molar-refractivity contribution >= 4 is 65.7 Å². The first-order valence-electron chi connectivity index (χ1n) is 19.0. The number of benzene rings is 8. The molecule has 0 atom stereocenters. The van der Waals surface area contributed by atoms with Crippen molar-refractivity contribution in [2.24, 2.45) is 0 Å². The molecule has 0 saturated heterocycles. The largest absolute Gasteiger partial charge is 0.456 e. The number of hydrogen-bond acceptors (Lipinski definition) is 5. The fourth-order valence-electron chi connectivity index (χ4n) is 8.46. The lowest BCUT2D eigenvalue weighted by Crippen LogP contribution is -2.00. The Kier molecular flexibility index (Phi) is 6.83. The third kappa shape index (κ3) is 4.94. The van der Waals surface area contributed by atoms with Crippen molar-refractivity contribution in [3.05, 3.63) is 182 Å². The summed E-state index contributed by atoms with van der Waals surface area (Å²) < 4.78 is 15.3. The SMILES string of the molecule is c1ccc(-c2nc(-c3ccc4oc5cc(-c6cccc7c6c6ccccc6n7-c6ccccc6)ccc5c4c3)nc(-c3cccc4c3oc3ccccc34)n2)cc1. The molecule has 6 heteroatoms. The van der Waals surface area contributed by atoms with E-state index in [0.29, 0.717) is 17.5 Å². The van der Waals surface area contributed by atoms with Gasteiger partial charge in [-0.05, 0) is 77.9 Å². The third-order valence-electron chi connectivity index (χ3n) is 11.1. The molecule has 0 amide bonds. The predicted octanol–water partition coefficient (Wildman–Crippen LogP) is 13.4. The second kappa shape index (κ2) is 12.3. The number of rotatable bonds is 5. The maximum absolute atomic E-state index is 6.57. The molecule has 0 aliphatic carbocycles. The minimum Gasteiger partial charge on any atom is -0.456 e. The zero-order valence-corrected chi connectivity index (χ0v) is 30.4. The van der Waals surface area contributed by atoms with Gasteiger partial charge in [-0.25, -0.2) is 15.0 Å². The van der Waals surface area contributed by atoms with Gasteiger partial charge in [0.25, 0.3) is 0 Å². The van der Waals surface area contributed by atoms with E-state index in [0.717, 1.165) is 82.9 Å². The van der Waals surface area contributed by atoms with Crippen LogP contribution in [-0.2, 0) is 0 Å². The summed E-state index contributed by atoms with van der Waals surface area (Å²) in [7, 11) is 0. The lowest BCUT2D eigenvalue weighted by molar-refractivity contribution is 0.669. The molecule has 6 nitrogen and oxygen atoms in total. The number of para-hydroxylation sites is 4. The molecule has 0 aliphatic heterocycles. The molecular weight excluding hydrogens is 701 g/mol. The quantitative estimate of drug-likeness (QED) is 0.176. The van der Waals surface area contributed by atoms with Crippen LogP contribution in [-0.4, -0.2) is 19.5 Å². The first kappa shape index (κ1) is 31.5. The normalized spacial score (nSPS) is 11.9. The van der Waals surface area contributed by atoms with Crippen molar-refractivity contribution in [2.45, 2.75) is 0 Å². The van der Waals surface area contributed by atoms with Crippen LogP contribution >= 0.6 is 0 Å². The number of nitrogens with zero attached hydrogens (tertiary/aromatic N) is 4. The van der Waals surface area contributed by atoms with Crippen LogP contribution in [0.2, 0.25) is 0 Å². The summed E-state index contributed by atoms with van der Waals surface area (Å²) in [5.41, 5.74) is 11.5. The number of aromatic nitrogens is 4. The Hall–Kier alpha value is -7.83. The van der Waals surface area contributed by atoms with Crippen molar-refractivity contribution < 1.29 is 8.83 Å². The third-order valence-corrected chi connectivity index (χ3v) is 11.1. The molecule has 0 fully saturated rings.